The molecular formula is C16H14ClN3O. The predicted octanol–water partition coefficient (Wildman–Crippen LogP) is 3.46. The predicted molar refractivity (Wildman–Crippen MR) is 84.3 cm³/mol. The molecule has 0 bridgehead atoms. The Morgan fingerprint density at radius 1 is 1.05 bits per heavy atom. The highest BCUT2D eigenvalue weighted by atomic mass is 35.5. The summed E-state index contributed by atoms with van der Waals surface area (Å²) in [4.78, 5) is 11.8. The van der Waals surface area contributed by atoms with E-state index in [1.807, 2.05) is 24.3 Å². The van der Waals surface area contributed by atoms with Crippen LogP contribution < -0.4 is 10.6 Å². The molecule has 0 aliphatic carbocycles. The zero-order chi connectivity index (χ0) is 15.1. The van der Waals surface area contributed by atoms with Gasteiger partial charge in [-0.05, 0) is 42.0 Å². The minimum atomic E-state index is -0.140. The first-order valence-electron chi connectivity index (χ1n) is 6.42. The second-order valence-electron chi connectivity index (χ2n) is 4.44. The van der Waals surface area contributed by atoms with Crippen molar-refractivity contribution in [1.29, 1.82) is 5.26 Å². The average Bonchev–Trinajstić information content (AvgIpc) is 2.49. The number of hydrogen-bond donors (Lipinski definition) is 2. The van der Waals surface area contributed by atoms with Crippen molar-refractivity contribution in [3.63, 3.8) is 0 Å². The van der Waals surface area contributed by atoms with Gasteiger partial charge in [-0.2, -0.15) is 5.26 Å². The minimum Gasteiger partial charge on any atom is -0.376 e. The average molecular weight is 300 g/mol. The fourth-order valence-electron chi connectivity index (χ4n) is 1.75. The lowest BCUT2D eigenvalue weighted by molar-refractivity contribution is -0.114. The maximum absolute atomic E-state index is 11.8. The number of benzene rings is 2. The lowest BCUT2D eigenvalue weighted by atomic mass is 10.1. The molecule has 1 amide bonds. The van der Waals surface area contributed by atoms with Crippen LogP contribution >= 0.6 is 11.6 Å². The van der Waals surface area contributed by atoms with Gasteiger partial charge in [0.1, 0.15) is 0 Å². The number of nitrogens with zero attached hydrogens (tertiary/aromatic N) is 1. The zero-order valence-corrected chi connectivity index (χ0v) is 12.0. The van der Waals surface area contributed by atoms with Gasteiger partial charge >= 0.3 is 0 Å². The van der Waals surface area contributed by atoms with E-state index in [1.165, 1.54) is 0 Å². The van der Waals surface area contributed by atoms with E-state index in [4.69, 9.17) is 16.9 Å². The molecule has 2 aromatic carbocycles. The number of nitriles is 1. The van der Waals surface area contributed by atoms with Crippen LogP contribution in [0.1, 0.15) is 5.56 Å². The lowest BCUT2D eigenvalue weighted by Gasteiger charge is -2.08. The Balaban J connectivity index is 1.83. The van der Waals surface area contributed by atoms with E-state index >= 15 is 0 Å². The number of carbonyl (C=O) groups is 1. The molecule has 0 aromatic heterocycles. The van der Waals surface area contributed by atoms with Crippen LogP contribution in [0.15, 0.2) is 48.5 Å². The van der Waals surface area contributed by atoms with Crippen molar-refractivity contribution >= 4 is 28.9 Å². The maximum Gasteiger partial charge on any atom is 0.243 e. The fourth-order valence-corrected chi connectivity index (χ4v) is 1.88. The summed E-state index contributed by atoms with van der Waals surface area (Å²) in [7, 11) is 0. The van der Waals surface area contributed by atoms with Crippen LogP contribution in [0, 0.1) is 11.3 Å². The maximum atomic E-state index is 11.8. The Kier molecular flexibility index (Phi) is 5.19. The second kappa shape index (κ2) is 7.32. The molecule has 0 spiro atoms. The summed E-state index contributed by atoms with van der Waals surface area (Å²) in [6.45, 7) is 0.167. The van der Waals surface area contributed by atoms with Crippen molar-refractivity contribution in [3.8, 4) is 6.07 Å². The van der Waals surface area contributed by atoms with Crippen LogP contribution in [0.25, 0.3) is 0 Å². The molecular weight excluding hydrogens is 286 g/mol. The molecule has 2 aromatic rings. The Labute approximate surface area is 128 Å². The van der Waals surface area contributed by atoms with Gasteiger partial charge in [-0.3, -0.25) is 4.79 Å². The van der Waals surface area contributed by atoms with Crippen molar-refractivity contribution in [2.75, 3.05) is 17.2 Å². The molecule has 0 unspecified atom stereocenters. The molecule has 0 saturated carbocycles. The van der Waals surface area contributed by atoms with Gasteiger partial charge in [-0.15, -0.1) is 0 Å². The summed E-state index contributed by atoms with van der Waals surface area (Å²) in [5, 5.41) is 15.0. The van der Waals surface area contributed by atoms with E-state index in [-0.39, 0.29) is 12.5 Å². The second-order valence-corrected chi connectivity index (χ2v) is 4.88. The third kappa shape index (κ3) is 4.83. The molecule has 0 saturated heterocycles. The van der Waals surface area contributed by atoms with Crippen molar-refractivity contribution in [2.24, 2.45) is 0 Å². The van der Waals surface area contributed by atoms with Crippen LogP contribution in [-0.4, -0.2) is 12.5 Å². The zero-order valence-electron chi connectivity index (χ0n) is 11.3. The first-order valence-corrected chi connectivity index (χ1v) is 6.80. The monoisotopic (exact) mass is 299 g/mol. The quantitative estimate of drug-likeness (QED) is 0.888. The lowest BCUT2D eigenvalue weighted by Crippen LogP contribution is -2.21. The van der Waals surface area contributed by atoms with Crippen molar-refractivity contribution in [3.05, 3.63) is 59.1 Å². The molecule has 0 radical (unpaired) electrons. The van der Waals surface area contributed by atoms with E-state index in [2.05, 4.69) is 16.7 Å². The smallest absolute Gasteiger partial charge is 0.243 e. The van der Waals surface area contributed by atoms with E-state index in [1.54, 1.807) is 24.3 Å². The molecule has 0 atom stereocenters. The van der Waals surface area contributed by atoms with Crippen LogP contribution in [0.4, 0.5) is 11.4 Å². The summed E-state index contributed by atoms with van der Waals surface area (Å²) in [5.41, 5.74) is 2.49. The summed E-state index contributed by atoms with van der Waals surface area (Å²) < 4.78 is 0. The molecule has 5 heteroatoms. The molecule has 0 fully saturated rings. The van der Waals surface area contributed by atoms with Gasteiger partial charge in [0.25, 0.3) is 0 Å². The molecule has 0 aliphatic heterocycles. The molecule has 2 N–H and O–H groups in total. The van der Waals surface area contributed by atoms with Gasteiger partial charge in [-0.25, -0.2) is 0 Å². The van der Waals surface area contributed by atoms with E-state index < -0.39 is 0 Å². The topological polar surface area (TPSA) is 64.9 Å². The summed E-state index contributed by atoms with van der Waals surface area (Å²) in [6, 6.07) is 16.5. The van der Waals surface area contributed by atoms with Gasteiger partial charge in [0.05, 0.1) is 19.0 Å². The van der Waals surface area contributed by atoms with E-state index in [0.717, 1.165) is 11.3 Å². The standard InChI is InChI=1S/C16H14ClN3O/c17-13-3-7-15(8-4-13)20-16(21)11-19-14-5-1-12(2-6-14)9-10-18/h1-8,19H,9,11H2,(H,20,21). The Morgan fingerprint density at radius 2 is 1.67 bits per heavy atom. The number of hydrogen-bond acceptors (Lipinski definition) is 3. The van der Waals surface area contributed by atoms with E-state index in [0.29, 0.717) is 17.1 Å². The van der Waals surface area contributed by atoms with Crippen molar-refractivity contribution in [1.82, 2.24) is 0 Å². The summed E-state index contributed by atoms with van der Waals surface area (Å²) in [6.07, 6.45) is 0.386. The highest BCUT2D eigenvalue weighted by molar-refractivity contribution is 6.30. The molecule has 21 heavy (non-hydrogen) atoms. The third-order valence-corrected chi connectivity index (χ3v) is 3.07. The van der Waals surface area contributed by atoms with Gasteiger partial charge < -0.3 is 10.6 Å². The Morgan fingerprint density at radius 3 is 2.29 bits per heavy atom. The van der Waals surface area contributed by atoms with E-state index in [9.17, 15) is 4.79 Å². The molecule has 4 nitrogen and oxygen atoms in total. The van der Waals surface area contributed by atoms with Gasteiger partial charge in [0, 0.05) is 16.4 Å². The normalized spacial score (nSPS) is 9.71. The van der Waals surface area contributed by atoms with Gasteiger partial charge in [0.2, 0.25) is 5.91 Å². The van der Waals surface area contributed by atoms with Crippen LogP contribution in [0.2, 0.25) is 5.02 Å². The molecule has 0 heterocycles. The van der Waals surface area contributed by atoms with Crippen LogP contribution in [0.5, 0.6) is 0 Å². The Hall–Kier alpha value is -2.51. The molecule has 106 valence electrons. The SMILES string of the molecule is N#CCc1ccc(NCC(=O)Nc2ccc(Cl)cc2)cc1. The summed E-state index contributed by atoms with van der Waals surface area (Å²) >= 11 is 5.78. The van der Waals surface area contributed by atoms with Crippen molar-refractivity contribution in [2.45, 2.75) is 6.42 Å². The number of carbonyl (C=O) groups excluding carboxylic acids is 1. The first-order chi connectivity index (χ1) is 10.2. The number of amides is 1. The summed E-state index contributed by atoms with van der Waals surface area (Å²) in [5.74, 6) is -0.140. The number of rotatable bonds is 5. The van der Waals surface area contributed by atoms with Crippen LogP contribution in [0.3, 0.4) is 0 Å². The van der Waals surface area contributed by atoms with Crippen LogP contribution in [-0.2, 0) is 11.2 Å². The largest absolute Gasteiger partial charge is 0.376 e. The third-order valence-electron chi connectivity index (χ3n) is 2.82. The first kappa shape index (κ1) is 14.9. The number of nitrogens with one attached hydrogen (secondary N) is 2. The minimum absolute atomic E-state index is 0.140. The fraction of sp³-hybridized carbons (Fsp3) is 0.125. The molecule has 0 aliphatic rings. The highest BCUT2D eigenvalue weighted by Crippen LogP contribution is 2.13. The molecule has 2 rings (SSSR count). The number of halogens is 1. The highest BCUT2D eigenvalue weighted by Gasteiger charge is 2.02. The van der Waals surface area contributed by atoms with Crippen molar-refractivity contribution < 1.29 is 4.79 Å². The van der Waals surface area contributed by atoms with Gasteiger partial charge in [0.15, 0.2) is 0 Å². The Bertz CT molecular complexity index is 645. The number of anilines is 2. The van der Waals surface area contributed by atoms with Gasteiger partial charge in [-0.1, -0.05) is 23.7 Å².